The van der Waals surface area contributed by atoms with Crippen molar-refractivity contribution in [3.8, 4) is 0 Å². The first kappa shape index (κ1) is 45.3. The fourth-order valence-corrected chi connectivity index (χ4v) is 6.31. The zero-order valence-electron chi connectivity index (χ0n) is 30.4. The summed E-state index contributed by atoms with van der Waals surface area (Å²) in [6, 6.07) is -1.06. The average molecular weight is 680 g/mol. The van der Waals surface area contributed by atoms with Gasteiger partial charge in [0.2, 0.25) is 5.91 Å². The molecule has 3 N–H and O–H groups in total. The van der Waals surface area contributed by atoms with Crippen molar-refractivity contribution in [3.05, 3.63) is 48.6 Å². The van der Waals surface area contributed by atoms with Crippen LogP contribution in [0.3, 0.4) is 0 Å². The lowest BCUT2D eigenvalue weighted by molar-refractivity contribution is -0.122. The molecule has 0 aliphatic rings. The van der Waals surface area contributed by atoms with Crippen molar-refractivity contribution in [2.45, 2.75) is 193 Å². The number of aliphatic hydroxyl groups is 1. The highest BCUT2D eigenvalue weighted by Crippen LogP contribution is 2.13. The SMILES string of the molecule is CCCCC/C=C\C/C=C\C/C=C\CCCCCCCCC(=O)NC(CS(=O)(=O)O)C(O)/C=C/CCCCCCCCCCCCC. The summed E-state index contributed by atoms with van der Waals surface area (Å²) in [5.74, 6) is -0.997. The van der Waals surface area contributed by atoms with E-state index in [4.69, 9.17) is 0 Å². The van der Waals surface area contributed by atoms with Gasteiger partial charge >= 0.3 is 0 Å². The molecule has 0 aliphatic carbocycles. The Labute approximate surface area is 290 Å². The third-order valence-corrected chi connectivity index (χ3v) is 9.28. The molecule has 1 amide bonds. The topological polar surface area (TPSA) is 104 Å². The molecule has 2 atom stereocenters. The molecule has 0 bridgehead atoms. The van der Waals surface area contributed by atoms with Gasteiger partial charge < -0.3 is 10.4 Å². The highest BCUT2D eigenvalue weighted by Gasteiger charge is 2.24. The zero-order chi connectivity index (χ0) is 34.7. The highest BCUT2D eigenvalue weighted by molar-refractivity contribution is 7.85. The summed E-state index contributed by atoms with van der Waals surface area (Å²) in [7, 11) is -4.34. The van der Waals surface area contributed by atoms with Crippen LogP contribution in [0.15, 0.2) is 48.6 Å². The van der Waals surface area contributed by atoms with Crippen LogP contribution in [0.25, 0.3) is 0 Å². The summed E-state index contributed by atoms with van der Waals surface area (Å²) in [5, 5.41) is 13.2. The lowest BCUT2D eigenvalue weighted by Gasteiger charge is -2.21. The zero-order valence-corrected chi connectivity index (χ0v) is 31.2. The molecule has 274 valence electrons. The third-order valence-electron chi connectivity index (χ3n) is 8.50. The highest BCUT2D eigenvalue weighted by atomic mass is 32.2. The van der Waals surface area contributed by atoms with Crippen molar-refractivity contribution in [2.24, 2.45) is 0 Å². The molecule has 0 aromatic heterocycles. The number of aliphatic hydroxyl groups excluding tert-OH is 1. The van der Waals surface area contributed by atoms with Crippen molar-refractivity contribution in [2.75, 3.05) is 5.75 Å². The average Bonchev–Trinajstić information content (AvgIpc) is 3.03. The smallest absolute Gasteiger partial charge is 0.267 e. The van der Waals surface area contributed by atoms with E-state index in [-0.39, 0.29) is 12.3 Å². The molecule has 0 aromatic carbocycles. The van der Waals surface area contributed by atoms with Crippen LogP contribution in [0.1, 0.15) is 181 Å². The fourth-order valence-electron chi connectivity index (χ4n) is 5.57. The van der Waals surface area contributed by atoms with Gasteiger partial charge in [0.05, 0.1) is 17.9 Å². The van der Waals surface area contributed by atoms with Crippen molar-refractivity contribution in [3.63, 3.8) is 0 Å². The Morgan fingerprint density at radius 1 is 0.574 bits per heavy atom. The summed E-state index contributed by atoms with van der Waals surface area (Å²) >= 11 is 0. The molecule has 7 heteroatoms. The summed E-state index contributed by atoms with van der Waals surface area (Å²) in [4.78, 5) is 12.5. The molecular weight excluding hydrogens is 607 g/mol. The number of amides is 1. The van der Waals surface area contributed by atoms with Gasteiger partial charge in [-0.3, -0.25) is 9.35 Å². The maximum Gasteiger partial charge on any atom is 0.267 e. The number of nitrogens with one attached hydrogen (secondary N) is 1. The van der Waals surface area contributed by atoms with E-state index in [0.29, 0.717) is 0 Å². The number of rotatable bonds is 34. The molecule has 0 heterocycles. The van der Waals surface area contributed by atoms with Crippen LogP contribution in [0.2, 0.25) is 0 Å². The van der Waals surface area contributed by atoms with Gasteiger partial charge in [0.25, 0.3) is 10.1 Å². The summed E-state index contributed by atoms with van der Waals surface area (Å²) in [5.41, 5.74) is 0. The van der Waals surface area contributed by atoms with Gasteiger partial charge in [-0.15, -0.1) is 0 Å². The maximum atomic E-state index is 12.5. The Morgan fingerprint density at radius 2 is 0.957 bits per heavy atom. The quantitative estimate of drug-likeness (QED) is 0.0357. The first-order chi connectivity index (χ1) is 22.8. The molecule has 2 unspecified atom stereocenters. The van der Waals surface area contributed by atoms with E-state index in [9.17, 15) is 22.9 Å². The van der Waals surface area contributed by atoms with Crippen LogP contribution in [-0.2, 0) is 14.9 Å². The lowest BCUT2D eigenvalue weighted by Crippen LogP contribution is -2.46. The Balaban J connectivity index is 3.99. The van der Waals surface area contributed by atoms with E-state index >= 15 is 0 Å². The molecule has 0 fully saturated rings. The van der Waals surface area contributed by atoms with Gasteiger partial charge in [0.15, 0.2) is 0 Å². The monoisotopic (exact) mass is 680 g/mol. The number of allylic oxidation sites excluding steroid dienone is 7. The van der Waals surface area contributed by atoms with Gasteiger partial charge in [-0.2, -0.15) is 8.42 Å². The normalized spacial score (nSPS) is 13.9. The molecule has 0 rings (SSSR count). The van der Waals surface area contributed by atoms with Crippen LogP contribution in [0.4, 0.5) is 0 Å². The number of unbranched alkanes of at least 4 members (excludes halogenated alkanes) is 20. The Hall–Kier alpha value is -1.70. The minimum absolute atomic E-state index is 0.280. The van der Waals surface area contributed by atoms with E-state index in [2.05, 4.69) is 55.6 Å². The Morgan fingerprint density at radius 3 is 1.45 bits per heavy atom. The summed E-state index contributed by atoms with van der Waals surface area (Å²) in [6.45, 7) is 4.48. The number of hydrogen-bond donors (Lipinski definition) is 3. The number of carbonyl (C=O) groups excluding carboxylic acids is 1. The van der Waals surface area contributed by atoms with E-state index in [1.165, 1.54) is 96.3 Å². The summed E-state index contributed by atoms with van der Waals surface area (Å²) in [6.07, 6.45) is 45.1. The number of carbonyl (C=O) groups is 1. The van der Waals surface area contributed by atoms with Gasteiger partial charge in [-0.05, 0) is 57.8 Å². The predicted molar refractivity (Wildman–Crippen MR) is 202 cm³/mol. The van der Waals surface area contributed by atoms with Crippen LogP contribution in [0.5, 0.6) is 0 Å². The van der Waals surface area contributed by atoms with Gasteiger partial charge in [0.1, 0.15) is 0 Å². The van der Waals surface area contributed by atoms with Crippen LogP contribution >= 0.6 is 0 Å². The molecule has 0 spiro atoms. The van der Waals surface area contributed by atoms with E-state index < -0.39 is 28.0 Å². The standard InChI is InChI=1S/C40H73NO5S/c1-3-5-7-9-11-13-15-17-18-19-20-21-22-24-26-28-30-32-34-36-40(43)41-38(37-47(44,45)46)39(42)35-33-31-29-27-25-23-16-14-12-10-8-6-4-2/h11,13,17-18,20-21,33,35,38-39,42H,3-10,12,14-16,19,22-32,34,36-37H2,1-2H3,(H,41,43)(H,44,45,46)/b13-11-,18-17-,21-20-,35-33+. The first-order valence-corrected chi connectivity index (χ1v) is 20.9. The predicted octanol–water partition coefficient (Wildman–Crippen LogP) is 11.1. The minimum atomic E-state index is -4.34. The number of hydrogen-bond acceptors (Lipinski definition) is 4. The van der Waals surface area contributed by atoms with Crippen molar-refractivity contribution >= 4 is 16.0 Å². The van der Waals surface area contributed by atoms with Crippen LogP contribution in [-0.4, -0.2) is 41.9 Å². The molecule has 0 saturated carbocycles. The molecular formula is C40H73NO5S. The third kappa shape index (κ3) is 35.4. The van der Waals surface area contributed by atoms with E-state index in [1.807, 2.05) is 6.08 Å². The minimum Gasteiger partial charge on any atom is -0.387 e. The molecule has 0 radical (unpaired) electrons. The van der Waals surface area contributed by atoms with E-state index in [1.54, 1.807) is 6.08 Å². The fraction of sp³-hybridized carbons (Fsp3) is 0.775. The lowest BCUT2D eigenvalue weighted by atomic mass is 10.0. The van der Waals surface area contributed by atoms with Gasteiger partial charge in [-0.25, -0.2) is 0 Å². The van der Waals surface area contributed by atoms with Gasteiger partial charge in [0, 0.05) is 6.42 Å². The molecule has 47 heavy (non-hydrogen) atoms. The summed E-state index contributed by atoms with van der Waals surface area (Å²) < 4.78 is 32.4. The maximum absolute atomic E-state index is 12.5. The second kappa shape index (κ2) is 34.2. The Bertz CT molecular complexity index is 925. The van der Waals surface area contributed by atoms with Gasteiger partial charge in [-0.1, -0.05) is 165 Å². The van der Waals surface area contributed by atoms with Crippen LogP contribution < -0.4 is 5.32 Å². The molecule has 0 aromatic rings. The van der Waals surface area contributed by atoms with Crippen molar-refractivity contribution in [1.29, 1.82) is 0 Å². The van der Waals surface area contributed by atoms with Crippen molar-refractivity contribution < 1.29 is 22.9 Å². The second-order valence-corrected chi connectivity index (χ2v) is 14.7. The van der Waals surface area contributed by atoms with E-state index in [0.717, 1.165) is 64.2 Å². The molecule has 0 saturated heterocycles. The second-order valence-electron chi connectivity index (χ2n) is 13.2. The van der Waals surface area contributed by atoms with Crippen molar-refractivity contribution in [1.82, 2.24) is 5.32 Å². The Kier molecular flexibility index (Phi) is 32.9. The van der Waals surface area contributed by atoms with Crippen LogP contribution in [0, 0.1) is 0 Å². The largest absolute Gasteiger partial charge is 0.387 e. The first-order valence-electron chi connectivity index (χ1n) is 19.3. The molecule has 0 aliphatic heterocycles. The molecule has 6 nitrogen and oxygen atoms in total.